The molecular weight excluding hydrogens is 390 g/mol. The third-order valence-corrected chi connectivity index (χ3v) is 6.41. The maximum absolute atomic E-state index is 13.1. The van der Waals surface area contributed by atoms with Crippen molar-refractivity contribution in [1.82, 2.24) is 14.5 Å². The van der Waals surface area contributed by atoms with Gasteiger partial charge in [0.1, 0.15) is 22.7 Å². The van der Waals surface area contributed by atoms with Crippen LogP contribution in [-0.2, 0) is 20.0 Å². The highest BCUT2D eigenvalue weighted by Crippen LogP contribution is 2.34. The number of fused-ring (bicyclic) bond motifs is 2. The lowest BCUT2D eigenvalue weighted by atomic mass is 10.00. The molecule has 160 valence electrons. The van der Waals surface area contributed by atoms with Gasteiger partial charge in [-0.2, -0.15) is 0 Å². The number of aryl methyl sites for hydroxylation is 2. The first-order valence-corrected chi connectivity index (χ1v) is 11.0. The summed E-state index contributed by atoms with van der Waals surface area (Å²) >= 11 is 0. The van der Waals surface area contributed by atoms with Gasteiger partial charge in [-0.25, -0.2) is 9.78 Å². The van der Waals surface area contributed by atoms with Crippen molar-refractivity contribution in [2.45, 2.75) is 39.2 Å². The minimum Gasteiger partial charge on any atom is -0.507 e. The van der Waals surface area contributed by atoms with E-state index >= 15 is 0 Å². The van der Waals surface area contributed by atoms with Gasteiger partial charge in [0.2, 0.25) is 0 Å². The molecule has 1 aliphatic heterocycles. The van der Waals surface area contributed by atoms with Gasteiger partial charge in [-0.15, -0.1) is 0 Å². The molecule has 1 fully saturated rings. The average molecular weight is 418 g/mol. The average Bonchev–Trinajstić information content (AvgIpc) is 3.12. The number of nitrogens with zero attached hydrogens (tertiary/aromatic N) is 3. The fraction of sp³-hybridized carbons (Fsp3) is 0.360. The molecule has 0 saturated carbocycles. The number of hydrogen-bond acceptors (Lipinski definition) is 5. The van der Waals surface area contributed by atoms with Gasteiger partial charge in [-0.3, -0.25) is 4.90 Å². The summed E-state index contributed by atoms with van der Waals surface area (Å²) in [5.41, 5.74) is 3.85. The van der Waals surface area contributed by atoms with Crippen LogP contribution in [0.1, 0.15) is 37.3 Å². The third kappa shape index (κ3) is 3.41. The summed E-state index contributed by atoms with van der Waals surface area (Å²) in [7, 11) is 1.91. The molecule has 0 atom stereocenters. The number of aromatic nitrogens is 2. The molecule has 2 aromatic heterocycles. The number of para-hydroxylation sites is 2. The van der Waals surface area contributed by atoms with Crippen molar-refractivity contribution in [3.63, 3.8) is 0 Å². The predicted molar refractivity (Wildman–Crippen MR) is 122 cm³/mol. The van der Waals surface area contributed by atoms with E-state index < -0.39 is 5.63 Å². The predicted octanol–water partition coefficient (Wildman–Crippen LogP) is 4.60. The quantitative estimate of drug-likeness (QED) is 0.491. The van der Waals surface area contributed by atoms with Crippen molar-refractivity contribution in [2.75, 3.05) is 13.1 Å². The van der Waals surface area contributed by atoms with Gasteiger partial charge in [0.05, 0.1) is 16.6 Å². The van der Waals surface area contributed by atoms with Crippen molar-refractivity contribution in [3.05, 3.63) is 57.9 Å². The maximum Gasteiger partial charge on any atom is 0.347 e. The van der Waals surface area contributed by atoms with Crippen LogP contribution in [0, 0.1) is 0 Å². The van der Waals surface area contributed by atoms with Crippen LogP contribution in [-0.4, -0.2) is 32.6 Å². The van der Waals surface area contributed by atoms with E-state index in [0.29, 0.717) is 35.5 Å². The van der Waals surface area contributed by atoms with Crippen molar-refractivity contribution in [1.29, 1.82) is 0 Å². The molecule has 6 heteroatoms. The van der Waals surface area contributed by atoms with Crippen molar-refractivity contribution < 1.29 is 9.52 Å². The van der Waals surface area contributed by atoms with Crippen LogP contribution in [0.4, 0.5) is 0 Å². The van der Waals surface area contributed by atoms with Crippen LogP contribution >= 0.6 is 0 Å². The second-order valence-corrected chi connectivity index (χ2v) is 8.40. The molecule has 2 aromatic carbocycles. The Balaban J connectivity index is 1.69. The second-order valence-electron chi connectivity index (χ2n) is 8.40. The van der Waals surface area contributed by atoms with Crippen LogP contribution in [0.15, 0.2) is 45.6 Å². The lowest BCUT2D eigenvalue weighted by molar-refractivity contribution is 0.218. The van der Waals surface area contributed by atoms with Gasteiger partial charge in [0, 0.05) is 19.0 Å². The molecule has 3 heterocycles. The molecule has 0 bridgehead atoms. The fourth-order valence-electron chi connectivity index (χ4n) is 4.69. The summed E-state index contributed by atoms with van der Waals surface area (Å²) in [6, 6.07) is 11.6. The molecule has 0 spiro atoms. The lowest BCUT2D eigenvalue weighted by Crippen LogP contribution is -2.29. The smallest absolute Gasteiger partial charge is 0.347 e. The first kappa shape index (κ1) is 19.8. The van der Waals surface area contributed by atoms with E-state index in [9.17, 15) is 9.90 Å². The molecule has 1 aliphatic rings. The first-order chi connectivity index (χ1) is 15.1. The molecular formula is C25H27N3O3. The number of phenolic OH excluding ortho intramolecular Hbond substituents is 1. The Labute approximate surface area is 180 Å². The maximum atomic E-state index is 13.1. The number of rotatable bonds is 4. The molecule has 1 N–H and O–H groups in total. The summed E-state index contributed by atoms with van der Waals surface area (Å²) in [6.45, 7) is 4.61. The van der Waals surface area contributed by atoms with Crippen molar-refractivity contribution >= 4 is 22.0 Å². The highest BCUT2D eigenvalue weighted by molar-refractivity contribution is 5.88. The highest BCUT2D eigenvalue weighted by atomic mass is 16.4. The number of likely N-dealkylation sites (tertiary alicyclic amines) is 1. The molecule has 0 amide bonds. The summed E-state index contributed by atoms with van der Waals surface area (Å²) in [5.74, 6) is 0.833. The number of imidazole rings is 1. The normalized spacial score (nSPS) is 15.2. The molecule has 1 saturated heterocycles. The van der Waals surface area contributed by atoms with Gasteiger partial charge < -0.3 is 14.1 Å². The van der Waals surface area contributed by atoms with E-state index in [4.69, 9.17) is 4.42 Å². The molecule has 6 nitrogen and oxygen atoms in total. The van der Waals surface area contributed by atoms with Gasteiger partial charge in [-0.05, 0) is 62.2 Å². The van der Waals surface area contributed by atoms with Crippen LogP contribution in [0.3, 0.4) is 0 Å². The lowest BCUT2D eigenvalue weighted by Gasteiger charge is -2.27. The minimum absolute atomic E-state index is 0.249. The number of piperidine rings is 1. The minimum atomic E-state index is -0.436. The molecule has 0 unspecified atom stereocenters. The Morgan fingerprint density at radius 2 is 1.90 bits per heavy atom. The number of benzene rings is 2. The van der Waals surface area contributed by atoms with Crippen molar-refractivity contribution in [3.8, 4) is 17.1 Å². The van der Waals surface area contributed by atoms with E-state index in [2.05, 4.69) is 9.88 Å². The molecule has 5 rings (SSSR count). The van der Waals surface area contributed by atoms with E-state index in [-0.39, 0.29) is 5.75 Å². The van der Waals surface area contributed by atoms with Crippen molar-refractivity contribution in [2.24, 2.45) is 7.05 Å². The third-order valence-electron chi connectivity index (χ3n) is 6.41. The molecule has 4 aromatic rings. The number of phenols is 1. The van der Waals surface area contributed by atoms with E-state index in [1.165, 1.54) is 6.42 Å². The molecule has 31 heavy (non-hydrogen) atoms. The fourth-order valence-corrected chi connectivity index (χ4v) is 4.69. The second kappa shape index (κ2) is 7.85. The number of aromatic hydroxyl groups is 1. The molecule has 0 radical (unpaired) electrons. The Kier molecular flexibility index (Phi) is 5.02. The first-order valence-electron chi connectivity index (χ1n) is 11.0. The summed E-state index contributed by atoms with van der Waals surface area (Å²) in [6.07, 6.45) is 4.27. The summed E-state index contributed by atoms with van der Waals surface area (Å²) in [4.78, 5) is 20.1. The Hall–Kier alpha value is -3.12. The Bertz CT molecular complexity index is 1330. The van der Waals surface area contributed by atoms with Gasteiger partial charge >= 0.3 is 5.63 Å². The Morgan fingerprint density at radius 3 is 2.65 bits per heavy atom. The zero-order valence-electron chi connectivity index (χ0n) is 18.0. The van der Waals surface area contributed by atoms with E-state index in [1.54, 1.807) is 0 Å². The van der Waals surface area contributed by atoms with Crippen LogP contribution in [0.2, 0.25) is 0 Å². The van der Waals surface area contributed by atoms with Gasteiger partial charge in [0.15, 0.2) is 0 Å². The van der Waals surface area contributed by atoms with Crippen LogP contribution < -0.4 is 5.63 Å². The Morgan fingerprint density at radius 1 is 1.13 bits per heavy atom. The topological polar surface area (TPSA) is 71.5 Å². The van der Waals surface area contributed by atoms with E-state index in [0.717, 1.165) is 47.9 Å². The SMILES string of the molecule is CCc1cc2cc(-c3nc4ccccc4n3C)c(=O)oc2c(CN2CCCCC2)c1O. The number of hydrogen-bond donors (Lipinski definition) is 1. The van der Waals surface area contributed by atoms with Gasteiger partial charge in [-0.1, -0.05) is 25.5 Å². The zero-order chi connectivity index (χ0) is 21.5. The standard InChI is InChI=1S/C25H27N3O3/c1-3-16-13-17-14-18(24-26-20-9-5-6-10-21(20)27(24)2)25(30)31-23(17)19(22(16)29)15-28-11-7-4-8-12-28/h5-6,9-10,13-14,29H,3-4,7-8,11-12,15H2,1-2H3. The summed E-state index contributed by atoms with van der Waals surface area (Å²) in [5, 5.41) is 11.8. The molecule has 0 aliphatic carbocycles. The van der Waals surface area contributed by atoms with Gasteiger partial charge in [0.25, 0.3) is 0 Å². The summed E-state index contributed by atoms with van der Waals surface area (Å²) < 4.78 is 7.78. The largest absolute Gasteiger partial charge is 0.507 e. The monoisotopic (exact) mass is 417 g/mol. The van der Waals surface area contributed by atoms with Crippen LogP contribution in [0.5, 0.6) is 5.75 Å². The van der Waals surface area contributed by atoms with Crippen LogP contribution in [0.25, 0.3) is 33.4 Å². The zero-order valence-corrected chi connectivity index (χ0v) is 18.0. The highest BCUT2D eigenvalue weighted by Gasteiger charge is 2.22. The van der Waals surface area contributed by atoms with E-state index in [1.807, 2.05) is 54.9 Å².